The number of carbonyl (C=O) groups is 7. The fraction of sp³-hybridized carbons (Fsp3) is 0.444. The first-order valence-electron chi connectivity index (χ1n) is 17.9. The third kappa shape index (κ3) is 10.6. The van der Waals surface area contributed by atoms with E-state index in [-0.39, 0.29) is 62.3 Å². The van der Waals surface area contributed by atoms with Crippen LogP contribution in [0.3, 0.4) is 0 Å². The largest absolute Gasteiger partial charge is 0.481 e. The quantitative estimate of drug-likeness (QED) is 0.0622. The second-order valence-corrected chi connectivity index (χ2v) is 15.9. The lowest BCUT2D eigenvalue weighted by Crippen LogP contribution is -2.59. The predicted molar refractivity (Wildman–Crippen MR) is 207 cm³/mol. The molecule has 2 saturated heterocycles. The zero-order valence-corrected chi connectivity index (χ0v) is 31.8. The molecule has 56 heavy (non-hydrogen) atoms. The molecular formula is C36H44N8O10S2. The normalized spacial score (nSPS) is 21.9. The third-order valence-corrected chi connectivity index (χ3v) is 12.0. The Morgan fingerprint density at radius 3 is 2.25 bits per heavy atom. The van der Waals surface area contributed by atoms with Gasteiger partial charge in [-0.25, -0.2) is 9.59 Å². The Hall–Kier alpha value is -5.50. The van der Waals surface area contributed by atoms with Crippen LogP contribution in [0.4, 0.5) is 4.79 Å². The summed E-state index contributed by atoms with van der Waals surface area (Å²) in [6, 6.07) is 8.91. The number of guanidine groups is 1. The maximum absolute atomic E-state index is 13.9. The average molecular weight is 813 g/mol. The van der Waals surface area contributed by atoms with Gasteiger partial charge >= 0.3 is 18.0 Å². The van der Waals surface area contributed by atoms with E-state index in [2.05, 4.69) is 26.3 Å². The molecule has 0 bridgehead atoms. The van der Waals surface area contributed by atoms with Gasteiger partial charge in [0.25, 0.3) is 0 Å². The minimum Gasteiger partial charge on any atom is -0.481 e. The van der Waals surface area contributed by atoms with Crippen LogP contribution >= 0.6 is 21.6 Å². The van der Waals surface area contributed by atoms with Gasteiger partial charge in [0, 0.05) is 30.5 Å². The number of fused-ring (bicyclic) bond motifs is 4. The summed E-state index contributed by atoms with van der Waals surface area (Å²) < 4.78 is 5.66. The van der Waals surface area contributed by atoms with E-state index < -0.39 is 78.3 Å². The molecule has 0 saturated carbocycles. The summed E-state index contributed by atoms with van der Waals surface area (Å²) in [4.78, 5) is 96.5. The number of ether oxygens (including phenoxy) is 1. The summed E-state index contributed by atoms with van der Waals surface area (Å²) in [6.45, 7) is 0.164. The van der Waals surface area contributed by atoms with Gasteiger partial charge < -0.3 is 52.6 Å². The number of benzene rings is 2. The van der Waals surface area contributed by atoms with Gasteiger partial charge in [-0.3, -0.25) is 29.0 Å². The number of alkyl carbamates (subject to hydrolysis) is 1. The first kappa shape index (κ1) is 41.7. The number of nitrogens with one attached hydrogen (secondary N) is 4. The molecule has 0 unspecified atom stereocenters. The highest BCUT2D eigenvalue weighted by molar-refractivity contribution is 8.76. The Bertz CT molecular complexity index is 1820. The second kappa shape index (κ2) is 19.4. The molecule has 0 radical (unpaired) electrons. The predicted octanol–water partition coefficient (Wildman–Crippen LogP) is 0.347. The lowest BCUT2D eigenvalue weighted by atomic mass is 9.98. The number of carboxylic acids is 2. The lowest BCUT2D eigenvalue weighted by Gasteiger charge is -2.30. The van der Waals surface area contributed by atoms with Gasteiger partial charge in [-0.05, 0) is 47.9 Å². The van der Waals surface area contributed by atoms with Crippen molar-refractivity contribution in [3.63, 3.8) is 0 Å². The van der Waals surface area contributed by atoms with Crippen molar-refractivity contribution in [1.29, 1.82) is 0 Å². The van der Waals surface area contributed by atoms with E-state index in [4.69, 9.17) is 16.2 Å². The minimum absolute atomic E-state index is 0.0134. The minimum atomic E-state index is -1.61. The number of aliphatic carboxylic acids is 2. The van der Waals surface area contributed by atoms with Crippen molar-refractivity contribution in [2.24, 2.45) is 16.5 Å². The van der Waals surface area contributed by atoms with E-state index in [0.29, 0.717) is 6.42 Å². The summed E-state index contributed by atoms with van der Waals surface area (Å²) in [7, 11) is 2.03. The molecule has 2 aliphatic heterocycles. The van der Waals surface area contributed by atoms with Gasteiger partial charge in [-0.2, -0.15) is 0 Å². The van der Waals surface area contributed by atoms with Gasteiger partial charge in [0.1, 0.15) is 36.8 Å². The summed E-state index contributed by atoms with van der Waals surface area (Å²) in [5, 5.41) is 29.5. The van der Waals surface area contributed by atoms with Crippen molar-refractivity contribution in [3.8, 4) is 11.1 Å². The van der Waals surface area contributed by atoms with Gasteiger partial charge in [0.05, 0.1) is 6.42 Å². The van der Waals surface area contributed by atoms with Crippen LogP contribution < -0.4 is 32.7 Å². The molecule has 18 nitrogen and oxygen atoms in total. The zero-order chi connectivity index (χ0) is 40.4. The molecule has 2 aromatic rings. The van der Waals surface area contributed by atoms with E-state index in [9.17, 15) is 43.8 Å². The van der Waals surface area contributed by atoms with Crippen LogP contribution in [0.2, 0.25) is 0 Å². The number of carboxylic acid groups (broad SMARTS) is 2. The van der Waals surface area contributed by atoms with E-state index in [1.54, 1.807) is 0 Å². The van der Waals surface area contributed by atoms with Crippen LogP contribution in [-0.2, 0) is 33.5 Å². The van der Waals surface area contributed by atoms with E-state index in [1.165, 1.54) is 0 Å². The van der Waals surface area contributed by atoms with Gasteiger partial charge in [-0.15, -0.1) is 0 Å². The van der Waals surface area contributed by atoms with Gasteiger partial charge in [0.2, 0.25) is 23.6 Å². The van der Waals surface area contributed by atoms with Crippen LogP contribution in [0, 0.1) is 0 Å². The van der Waals surface area contributed by atoms with Gasteiger partial charge in [-0.1, -0.05) is 70.1 Å². The Morgan fingerprint density at radius 1 is 0.946 bits per heavy atom. The molecule has 1 aliphatic carbocycles. The molecule has 300 valence electrons. The number of nitrogens with zero attached hydrogens (tertiary/aromatic N) is 2. The number of hydrogen-bond acceptors (Lipinski definition) is 11. The summed E-state index contributed by atoms with van der Waals surface area (Å²) in [6.07, 6.45) is -0.885. The van der Waals surface area contributed by atoms with Crippen molar-refractivity contribution in [3.05, 3.63) is 59.7 Å². The Labute approximate surface area is 329 Å². The van der Waals surface area contributed by atoms with Gasteiger partial charge in [0.15, 0.2) is 5.96 Å². The highest BCUT2D eigenvalue weighted by Gasteiger charge is 2.41. The molecule has 5 amide bonds. The second-order valence-electron chi connectivity index (χ2n) is 13.3. The number of amides is 5. The Kier molecular flexibility index (Phi) is 14.4. The fourth-order valence-corrected chi connectivity index (χ4v) is 9.15. The standard InChI is InChI=1S/C36H44N8O10S2/c37-35(38)39-13-5-11-24(43-36(53)54-16-23-21-9-3-1-7-19(21)20-8-2-4-10-22(20)23)30(47)41-26-17-55-56-18-27(34(51)52)42-32(49)28-12-6-14-44(28)33(50)25(15-29(45)46)40-31(26)48/h1-4,7-10,23-28H,5-6,11-18H2,(H,40,48)(H,41,47)(H,42,49)(H,43,53)(H,45,46)(H,51,52)(H4,37,38,39)/t24-,25-,26-,27-,28-/m0/s1. The summed E-state index contributed by atoms with van der Waals surface area (Å²) in [5.74, 6) is -6.69. The van der Waals surface area contributed by atoms with E-state index in [0.717, 1.165) is 48.7 Å². The van der Waals surface area contributed by atoms with Crippen molar-refractivity contribution >= 4 is 69.2 Å². The molecular weight excluding hydrogens is 769 g/mol. The summed E-state index contributed by atoms with van der Waals surface area (Å²) in [5.41, 5.74) is 14.9. The molecule has 20 heteroatoms. The maximum atomic E-state index is 13.9. The van der Waals surface area contributed by atoms with Crippen molar-refractivity contribution in [2.45, 2.75) is 68.2 Å². The topological polar surface area (TPSA) is 285 Å². The molecule has 0 spiro atoms. The molecule has 2 fully saturated rings. The van der Waals surface area contributed by atoms with Crippen molar-refractivity contribution < 1.29 is 48.5 Å². The molecule has 5 rings (SSSR count). The maximum Gasteiger partial charge on any atom is 0.407 e. The highest BCUT2D eigenvalue weighted by atomic mass is 33.1. The number of rotatable bonds is 12. The smallest absolute Gasteiger partial charge is 0.407 e. The summed E-state index contributed by atoms with van der Waals surface area (Å²) >= 11 is 0. The molecule has 2 aromatic carbocycles. The van der Waals surface area contributed by atoms with Crippen molar-refractivity contribution in [1.82, 2.24) is 26.2 Å². The van der Waals surface area contributed by atoms with Crippen LogP contribution in [-0.4, -0.2) is 124 Å². The van der Waals surface area contributed by atoms with Crippen LogP contribution in [0.5, 0.6) is 0 Å². The Morgan fingerprint density at radius 2 is 1.61 bits per heavy atom. The first-order chi connectivity index (χ1) is 26.8. The lowest BCUT2D eigenvalue weighted by molar-refractivity contribution is -0.147. The highest BCUT2D eigenvalue weighted by Crippen LogP contribution is 2.44. The third-order valence-electron chi connectivity index (χ3n) is 9.53. The molecule has 10 N–H and O–H groups in total. The van der Waals surface area contributed by atoms with Crippen LogP contribution in [0.1, 0.15) is 49.1 Å². The number of aliphatic imine (C=N–C) groups is 1. The van der Waals surface area contributed by atoms with E-state index >= 15 is 0 Å². The van der Waals surface area contributed by atoms with E-state index in [1.807, 2.05) is 48.5 Å². The van der Waals surface area contributed by atoms with Crippen LogP contribution in [0.25, 0.3) is 11.1 Å². The molecule has 2 heterocycles. The van der Waals surface area contributed by atoms with Crippen LogP contribution in [0.15, 0.2) is 53.5 Å². The average Bonchev–Trinajstić information content (AvgIpc) is 3.78. The SMILES string of the molecule is NC(N)=NCCC[C@H](NC(=O)OCC1c2ccccc2-c2ccccc21)C(=O)N[C@H]1CSSC[C@@H](C(=O)O)NC(=O)[C@@H]2CCCN2C(=O)[C@H](CC(=O)O)NC1=O. The number of hydrogen-bond donors (Lipinski definition) is 8. The monoisotopic (exact) mass is 812 g/mol. The molecule has 0 aromatic heterocycles. The number of carbonyl (C=O) groups excluding carboxylic acids is 5. The number of nitrogens with two attached hydrogens (primary N) is 2. The van der Waals surface area contributed by atoms with Crippen molar-refractivity contribution in [2.75, 3.05) is 31.2 Å². The molecule has 5 atom stereocenters. The zero-order valence-electron chi connectivity index (χ0n) is 30.2. The Balaban J connectivity index is 1.33. The first-order valence-corrected chi connectivity index (χ1v) is 20.4. The fourth-order valence-electron chi connectivity index (χ4n) is 6.84. The molecule has 3 aliphatic rings.